The Morgan fingerprint density at radius 3 is 2.76 bits per heavy atom. The molecule has 4 aromatic rings. The van der Waals surface area contributed by atoms with Gasteiger partial charge in [0.1, 0.15) is 11.6 Å². The molecule has 0 unspecified atom stereocenters. The second-order valence-corrected chi connectivity index (χ2v) is 8.42. The van der Waals surface area contributed by atoms with E-state index in [1.165, 1.54) is 19.3 Å². The largest absolute Gasteiger partial charge is 0.507 e. The van der Waals surface area contributed by atoms with Gasteiger partial charge >= 0.3 is 0 Å². The van der Waals surface area contributed by atoms with E-state index < -0.39 is 0 Å². The van der Waals surface area contributed by atoms with Crippen LogP contribution in [-0.2, 0) is 0 Å². The van der Waals surface area contributed by atoms with E-state index in [2.05, 4.69) is 20.3 Å². The molecule has 33 heavy (non-hydrogen) atoms. The normalized spacial score (nSPS) is 14.3. The van der Waals surface area contributed by atoms with Crippen molar-refractivity contribution in [1.29, 1.82) is 0 Å². The number of fused-ring (bicyclic) bond motifs is 1. The molecule has 0 spiro atoms. The zero-order chi connectivity index (χ0) is 22.8. The third-order valence-corrected chi connectivity index (χ3v) is 6.21. The van der Waals surface area contributed by atoms with Gasteiger partial charge in [-0.25, -0.2) is 9.97 Å². The fourth-order valence-electron chi connectivity index (χ4n) is 4.46. The molecule has 168 valence electrons. The number of aromatic hydroxyl groups is 1. The monoisotopic (exact) mass is 442 g/mol. The first-order valence-corrected chi connectivity index (χ1v) is 11.3. The number of H-pyrrole nitrogens is 1. The Hall–Kier alpha value is -3.87. The van der Waals surface area contributed by atoms with Crippen LogP contribution in [-0.4, -0.2) is 39.1 Å². The number of aromatic nitrogens is 3. The number of benzene rings is 2. The van der Waals surface area contributed by atoms with E-state index in [1.807, 2.05) is 30.3 Å². The third kappa shape index (κ3) is 4.26. The van der Waals surface area contributed by atoms with Gasteiger partial charge in [0.05, 0.1) is 23.7 Å². The van der Waals surface area contributed by atoms with E-state index in [4.69, 9.17) is 4.74 Å². The van der Waals surface area contributed by atoms with Crippen molar-refractivity contribution in [3.63, 3.8) is 0 Å². The highest BCUT2D eigenvalue weighted by molar-refractivity contribution is 5.98. The molecule has 2 aromatic carbocycles. The van der Waals surface area contributed by atoms with Crippen molar-refractivity contribution in [2.45, 2.75) is 38.1 Å². The lowest BCUT2D eigenvalue weighted by molar-refractivity contribution is 0.0928. The van der Waals surface area contributed by atoms with Crippen molar-refractivity contribution in [3.8, 4) is 34.1 Å². The SMILES string of the molecule is COc1ncccc1-c1ccc(O)c(-c2nc3cc(C(=O)NC4CCCCC4)ccc3[nH]2)c1. The van der Waals surface area contributed by atoms with Crippen LogP contribution in [0, 0.1) is 0 Å². The van der Waals surface area contributed by atoms with Gasteiger partial charge in [0.15, 0.2) is 0 Å². The van der Waals surface area contributed by atoms with Crippen LogP contribution in [0.4, 0.5) is 0 Å². The van der Waals surface area contributed by atoms with Gasteiger partial charge in [-0.05, 0) is 60.9 Å². The molecular formula is C26H26N4O3. The average molecular weight is 443 g/mol. The van der Waals surface area contributed by atoms with Gasteiger partial charge in [0.2, 0.25) is 5.88 Å². The number of nitrogens with one attached hydrogen (secondary N) is 2. The number of pyridine rings is 1. The summed E-state index contributed by atoms with van der Waals surface area (Å²) in [7, 11) is 1.58. The topological polar surface area (TPSA) is 100 Å². The number of aromatic amines is 1. The van der Waals surface area contributed by atoms with Gasteiger partial charge in [-0.2, -0.15) is 0 Å². The van der Waals surface area contributed by atoms with Crippen molar-refractivity contribution in [2.75, 3.05) is 7.11 Å². The summed E-state index contributed by atoms with van der Waals surface area (Å²) in [5, 5.41) is 13.7. The second kappa shape index (κ2) is 8.94. The van der Waals surface area contributed by atoms with Gasteiger partial charge in [-0.15, -0.1) is 0 Å². The summed E-state index contributed by atoms with van der Waals surface area (Å²) < 4.78 is 5.38. The van der Waals surface area contributed by atoms with Crippen LogP contribution in [0.15, 0.2) is 54.7 Å². The van der Waals surface area contributed by atoms with Crippen LogP contribution in [0.3, 0.4) is 0 Å². The smallest absolute Gasteiger partial charge is 0.251 e. The van der Waals surface area contributed by atoms with Crippen molar-refractivity contribution in [3.05, 3.63) is 60.3 Å². The van der Waals surface area contributed by atoms with Crippen LogP contribution in [0.5, 0.6) is 11.6 Å². The number of carbonyl (C=O) groups excluding carboxylic acids is 1. The number of rotatable bonds is 5. The number of ether oxygens (including phenoxy) is 1. The summed E-state index contributed by atoms with van der Waals surface area (Å²) in [5.74, 6) is 1.07. The average Bonchev–Trinajstić information content (AvgIpc) is 3.28. The van der Waals surface area contributed by atoms with Crippen LogP contribution in [0.1, 0.15) is 42.5 Å². The van der Waals surface area contributed by atoms with Crippen molar-refractivity contribution in [2.24, 2.45) is 0 Å². The van der Waals surface area contributed by atoms with Gasteiger partial charge in [-0.3, -0.25) is 4.79 Å². The molecular weight excluding hydrogens is 416 g/mol. The number of hydrogen-bond donors (Lipinski definition) is 3. The molecule has 7 nitrogen and oxygen atoms in total. The van der Waals surface area contributed by atoms with Crippen molar-refractivity contribution < 1.29 is 14.6 Å². The number of nitrogens with zero attached hydrogens (tertiary/aromatic N) is 2. The van der Waals surface area contributed by atoms with Gasteiger partial charge in [0.25, 0.3) is 5.91 Å². The fraction of sp³-hybridized carbons (Fsp3) is 0.269. The molecule has 2 aromatic heterocycles. The molecule has 1 fully saturated rings. The van der Waals surface area contributed by atoms with Crippen LogP contribution in [0.25, 0.3) is 33.5 Å². The first-order chi connectivity index (χ1) is 16.1. The maximum Gasteiger partial charge on any atom is 0.251 e. The fourth-order valence-corrected chi connectivity index (χ4v) is 4.46. The van der Waals surface area contributed by atoms with E-state index in [0.29, 0.717) is 28.3 Å². The summed E-state index contributed by atoms with van der Waals surface area (Å²) in [6, 6.07) is 14.7. The standard InChI is InChI=1S/C26H26N4O3/c1-33-26-19(8-5-13-27-26)16-10-12-23(31)20(14-16)24-29-21-11-9-17(15-22(21)30-24)25(32)28-18-6-3-2-4-7-18/h5,8-15,18,31H,2-4,6-7H2,1H3,(H,28,32)(H,29,30). The molecule has 2 heterocycles. The highest BCUT2D eigenvalue weighted by Gasteiger charge is 2.18. The lowest BCUT2D eigenvalue weighted by Gasteiger charge is -2.22. The van der Waals surface area contributed by atoms with Crippen LogP contribution < -0.4 is 10.1 Å². The van der Waals surface area contributed by atoms with Gasteiger partial charge < -0.3 is 20.1 Å². The Labute approximate surface area is 191 Å². The van der Waals surface area contributed by atoms with Crippen molar-refractivity contribution >= 4 is 16.9 Å². The molecule has 0 aliphatic heterocycles. The quantitative estimate of drug-likeness (QED) is 0.401. The Morgan fingerprint density at radius 2 is 1.94 bits per heavy atom. The van der Waals surface area contributed by atoms with E-state index in [1.54, 1.807) is 31.5 Å². The molecule has 1 aliphatic rings. The maximum absolute atomic E-state index is 12.7. The number of methoxy groups -OCH3 is 1. The minimum Gasteiger partial charge on any atom is -0.507 e. The molecule has 7 heteroatoms. The number of imidazole rings is 1. The summed E-state index contributed by atoms with van der Waals surface area (Å²) >= 11 is 0. The molecule has 0 radical (unpaired) electrons. The lowest BCUT2D eigenvalue weighted by atomic mass is 9.95. The second-order valence-electron chi connectivity index (χ2n) is 8.42. The van der Waals surface area contributed by atoms with E-state index in [-0.39, 0.29) is 17.7 Å². The van der Waals surface area contributed by atoms with Crippen LogP contribution in [0.2, 0.25) is 0 Å². The summed E-state index contributed by atoms with van der Waals surface area (Å²) in [4.78, 5) is 24.9. The number of phenols is 1. The third-order valence-electron chi connectivity index (χ3n) is 6.21. The molecule has 0 bridgehead atoms. The summed E-state index contributed by atoms with van der Waals surface area (Å²) in [5.41, 5.74) is 4.28. The van der Waals surface area contributed by atoms with Crippen LogP contribution >= 0.6 is 0 Å². The highest BCUT2D eigenvalue weighted by atomic mass is 16.5. The minimum atomic E-state index is -0.0677. The van der Waals surface area contributed by atoms with E-state index in [9.17, 15) is 9.90 Å². The molecule has 1 saturated carbocycles. The molecule has 1 aliphatic carbocycles. The van der Waals surface area contributed by atoms with Gasteiger partial charge in [-0.1, -0.05) is 25.3 Å². The Morgan fingerprint density at radius 1 is 1.09 bits per heavy atom. The predicted octanol–water partition coefficient (Wildman–Crippen LogP) is 5.07. The first kappa shape index (κ1) is 21.0. The number of amides is 1. The summed E-state index contributed by atoms with van der Waals surface area (Å²) in [6.07, 6.45) is 7.33. The van der Waals surface area contributed by atoms with E-state index >= 15 is 0 Å². The maximum atomic E-state index is 12.7. The first-order valence-electron chi connectivity index (χ1n) is 11.3. The predicted molar refractivity (Wildman–Crippen MR) is 127 cm³/mol. The molecule has 1 amide bonds. The highest BCUT2D eigenvalue weighted by Crippen LogP contribution is 2.35. The summed E-state index contributed by atoms with van der Waals surface area (Å²) in [6.45, 7) is 0. The molecule has 3 N–H and O–H groups in total. The Balaban J connectivity index is 1.46. The van der Waals surface area contributed by atoms with Gasteiger partial charge in [0, 0.05) is 23.4 Å². The van der Waals surface area contributed by atoms with Crippen molar-refractivity contribution in [1.82, 2.24) is 20.3 Å². The zero-order valence-electron chi connectivity index (χ0n) is 18.5. The lowest BCUT2D eigenvalue weighted by Crippen LogP contribution is -2.36. The molecule has 0 atom stereocenters. The zero-order valence-corrected chi connectivity index (χ0v) is 18.5. The number of hydrogen-bond acceptors (Lipinski definition) is 5. The Bertz CT molecular complexity index is 1310. The molecule has 5 rings (SSSR count). The number of carbonyl (C=O) groups is 1. The van der Waals surface area contributed by atoms with E-state index in [0.717, 1.165) is 29.5 Å². The minimum absolute atomic E-state index is 0.0677. The molecule has 0 saturated heterocycles. The number of phenolic OH excluding ortho intramolecular Hbond substituents is 1. The Kier molecular flexibility index (Phi) is 5.69.